The molecule has 0 atom stereocenters. The number of hydrogen-bond donors (Lipinski definition) is 0. The van der Waals surface area contributed by atoms with Gasteiger partial charge in [-0.25, -0.2) is 4.98 Å². The number of hydrogen-bond acceptors (Lipinski definition) is 6. The fourth-order valence-electron chi connectivity index (χ4n) is 1.55. The normalized spacial score (nSPS) is 10.1. The van der Waals surface area contributed by atoms with Gasteiger partial charge in [0.15, 0.2) is 0 Å². The molecule has 19 heavy (non-hydrogen) atoms. The first-order chi connectivity index (χ1) is 9.36. The van der Waals surface area contributed by atoms with Crippen molar-refractivity contribution in [1.29, 1.82) is 5.26 Å². The van der Waals surface area contributed by atoms with Crippen molar-refractivity contribution in [1.82, 2.24) is 20.1 Å². The largest absolute Gasteiger partial charge is 0.334 e. The van der Waals surface area contributed by atoms with Gasteiger partial charge in [-0.05, 0) is 24.3 Å². The van der Waals surface area contributed by atoms with E-state index < -0.39 is 0 Å². The third-order valence-corrected chi connectivity index (χ3v) is 2.48. The molecule has 0 saturated carbocycles. The van der Waals surface area contributed by atoms with Gasteiger partial charge in [0.2, 0.25) is 5.82 Å². The van der Waals surface area contributed by atoms with Crippen LogP contribution in [0.5, 0.6) is 0 Å². The third-order valence-electron chi connectivity index (χ3n) is 2.48. The maximum absolute atomic E-state index is 8.74. The summed E-state index contributed by atoms with van der Waals surface area (Å²) in [5, 5.41) is 12.6. The fourth-order valence-corrected chi connectivity index (χ4v) is 1.55. The van der Waals surface area contributed by atoms with Crippen molar-refractivity contribution in [3.8, 4) is 29.0 Å². The average Bonchev–Trinajstić information content (AvgIpc) is 2.98. The van der Waals surface area contributed by atoms with Crippen molar-refractivity contribution in [2.75, 3.05) is 0 Å². The van der Waals surface area contributed by atoms with Crippen molar-refractivity contribution in [3.63, 3.8) is 0 Å². The van der Waals surface area contributed by atoms with Gasteiger partial charge in [0.05, 0.1) is 17.8 Å². The minimum absolute atomic E-state index is 0.380. The minimum Gasteiger partial charge on any atom is -0.334 e. The molecule has 0 N–H and O–H groups in total. The van der Waals surface area contributed by atoms with Crippen LogP contribution >= 0.6 is 0 Å². The van der Waals surface area contributed by atoms with Crippen LogP contribution in [-0.4, -0.2) is 20.1 Å². The number of aromatic nitrogens is 4. The molecular weight excluding hydrogens is 242 g/mol. The summed E-state index contributed by atoms with van der Waals surface area (Å²) in [6.45, 7) is 0. The van der Waals surface area contributed by atoms with Crippen LogP contribution in [0.15, 0.2) is 47.4 Å². The van der Waals surface area contributed by atoms with Crippen molar-refractivity contribution in [3.05, 3.63) is 48.4 Å². The van der Waals surface area contributed by atoms with E-state index in [9.17, 15) is 0 Å². The number of nitrogens with zero attached hydrogens (tertiary/aromatic N) is 5. The standard InChI is InChI=1S/C13H7N5O/c14-7-9-1-3-10(4-2-9)13-17-12(18-19-13)11-8-15-5-6-16-11/h1-6,8H. The maximum Gasteiger partial charge on any atom is 0.258 e. The Bertz CT molecular complexity index is 728. The summed E-state index contributed by atoms with van der Waals surface area (Å²) in [7, 11) is 0. The predicted molar refractivity (Wildman–Crippen MR) is 65.5 cm³/mol. The van der Waals surface area contributed by atoms with Crippen LogP contribution in [0.4, 0.5) is 0 Å². The number of benzene rings is 1. The molecule has 1 aromatic carbocycles. The molecule has 90 valence electrons. The third kappa shape index (κ3) is 2.17. The lowest BCUT2D eigenvalue weighted by Crippen LogP contribution is -1.86. The van der Waals surface area contributed by atoms with E-state index in [4.69, 9.17) is 9.78 Å². The average molecular weight is 249 g/mol. The molecule has 0 radical (unpaired) electrons. The van der Waals surface area contributed by atoms with Crippen molar-refractivity contribution in [2.24, 2.45) is 0 Å². The van der Waals surface area contributed by atoms with E-state index in [0.29, 0.717) is 23.0 Å². The molecule has 6 heteroatoms. The van der Waals surface area contributed by atoms with E-state index in [1.165, 1.54) is 0 Å². The van der Waals surface area contributed by atoms with Gasteiger partial charge in [0, 0.05) is 18.0 Å². The van der Waals surface area contributed by atoms with Gasteiger partial charge in [-0.15, -0.1) is 0 Å². The Morgan fingerprint density at radius 2 is 1.95 bits per heavy atom. The van der Waals surface area contributed by atoms with Crippen molar-refractivity contribution in [2.45, 2.75) is 0 Å². The van der Waals surface area contributed by atoms with Gasteiger partial charge in [0.1, 0.15) is 5.69 Å². The molecule has 0 unspecified atom stereocenters. The lowest BCUT2D eigenvalue weighted by molar-refractivity contribution is 0.432. The molecule has 0 spiro atoms. The van der Waals surface area contributed by atoms with E-state index in [1.54, 1.807) is 42.9 Å². The van der Waals surface area contributed by atoms with Gasteiger partial charge in [-0.1, -0.05) is 5.16 Å². The van der Waals surface area contributed by atoms with Gasteiger partial charge >= 0.3 is 0 Å². The number of nitriles is 1. The molecule has 0 aliphatic heterocycles. The quantitative estimate of drug-likeness (QED) is 0.690. The van der Waals surface area contributed by atoms with Gasteiger partial charge in [-0.3, -0.25) is 4.98 Å². The Morgan fingerprint density at radius 3 is 2.63 bits per heavy atom. The van der Waals surface area contributed by atoms with Gasteiger partial charge in [0.25, 0.3) is 5.89 Å². The Balaban J connectivity index is 1.95. The zero-order chi connectivity index (χ0) is 13.1. The molecule has 2 aromatic heterocycles. The zero-order valence-corrected chi connectivity index (χ0v) is 9.69. The zero-order valence-electron chi connectivity index (χ0n) is 9.69. The van der Waals surface area contributed by atoms with E-state index in [0.717, 1.165) is 5.56 Å². The summed E-state index contributed by atoms with van der Waals surface area (Å²) in [5.41, 5.74) is 1.88. The Hall–Kier alpha value is -3.07. The topological polar surface area (TPSA) is 88.5 Å². The first-order valence-corrected chi connectivity index (χ1v) is 5.47. The van der Waals surface area contributed by atoms with Crippen LogP contribution in [0.3, 0.4) is 0 Å². The molecule has 3 aromatic rings. The lowest BCUT2D eigenvalue weighted by atomic mass is 10.1. The molecular formula is C13H7N5O. The highest BCUT2D eigenvalue weighted by Gasteiger charge is 2.11. The highest BCUT2D eigenvalue weighted by Crippen LogP contribution is 2.20. The fraction of sp³-hybridized carbons (Fsp3) is 0. The van der Waals surface area contributed by atoms with E-state index in [1.807, 2.05) is 0 Å². The number of rotatable bonds is 2. The van der Waals surface area contributed by atoms with Crippen LogP contribution < -0.4 is 0 Å². The molecule has 3 rings (SSSR count). The summed E-state index contributed by atoms with van der Waals surface area (Å²) >= 11 is 0. The summed E-state index contributed by atoms with van der Waals surface area (Å²) in [4.78, 5) is 12.3. The first-order valence-electron chi connectivity index (χ1n) is 5.47. The predicted octanol–water partition coefficient (Wildman–Crippen LogP) is 2.07. The summed E-state index contributed by atoms with van der Waals surface area (Å²) in [6, 6.07) is 8.96. The van der Waals surface area contributed by atoms with E-state index in [2.05, 4.69) is 26.2 Å². The Labute approximate surface area is 108 Å². The lowest BCUT2D eigenvalue weighted by Gasteiger charge is -1.93. The van der Waals surface area contributed by atoms with Crippen molar-refractivity contribution >= 4 is 0 Å². The molecule has 2 heterocycles. The second kappa shape index (κ2) is 4.66. The Morgan fingerprint density at radius 1 is 1.11 bits per heavy atom. The van der Waals surface area contributed by atoms with Crippen LogP contribution in [-0.2, 0) is 0 Å². The maximum atomic E-state index is 8.74. The summed E-state index contributed by atoms with van der Waals surface area (Å²) in [5.74, 6) is 0.762. The summed E-state index contributed by atoms with van der Waals surface area (Å²) < 4.78 is 5.17. The second-order valence-corrected chi connectivity index (χ2v) is 3.70. The SMILES string of the molecule is N#Cc1ccc(-c2nc(-c3cnccn3)no2)cc1. The van der Waals surface area contributed by atoms with Crippen LogP contribution in [0.1, 0.15) is 5.56 Å². The van der Waals surface area contributed by atoms with Crippen molar-refractivity contribution < 1.29 is 4.52 Å². The molecule has 0 saturated heterocycles. The first kappa shape index (κ1) is 11.0. The minimum atomic E-state index is 0.380. The Kier molecular flexibility index (Phi) is 2.71. The molecule has 0 bridgehead atoms. The smallest absolute Gasteiger partial charge is 0.258 e. The van der Waals surface area contributed by atoms with Crippen LogP contribution in [0, 0.1) is 11.3 Å². The molecule has 0 amide bonds. The highest BCUT2D eigenvalue weighted by atomic mass is 16.5. The van der Waals surface area contributed by atoms with Gasteiger partial charge in [-0.2, -0.15) is 10.2 Å². The highest BCUT2D eigenvalue weighted by molar-refractivity contribution is 5.57. The van der Waals surface area contributed by atoms with Gasteiger partial charge < -0.3 is 4.52 Å². The van der Waals surface area contributed by atoms with Crippen LogP contribution in [0.25, 0.3) is 23.0 Å². The second-order valence-electron chi connectivity index (χ2n) is 3.70. The molecule has 0 fully saturated rings. The van der Waals surface area contributed by atoms with Crippen LogP contribution in [0.2, 0.25) is 0 Å². The molecule has 0 aliphatic rings. The molecule has 0 aliphatic carbocycles. The monoisotopic (exact) mass is 249 g/mol. The van der Waals surface area contributed by atoms with E-state index in [-0.39, 0.29) is 0 Å². The van der Waals surface area contributed by atoms with E-state index >= 15 is 0 Å². The summed E-state index contributed by atoms with van der Waals surface area (Å²) in [6.07, 6.45) is 4.70. The molecule has 6 nitrogen and oxygen atoms in total.